The van der Waals surface area contributed by atoms with Gasteiger partial charge in [-0.05, 0) is 0 Å². The van der Waals surface area contributed by atoms with Crippen LogP contribution in [0.4, 0.5) is 0 Å². The van der Waals surface area contributed by atoms with E-state index in [-0.39, 0.29) is 3.63 Å². The minimum absolute atomic E-state index is 0.0632. The predicted octanol–water partition coefficient (Wildman–Crippen LogP) is 9.61. The van der Waals surface area contributed by atoms with Gasteiger partial charge >= 0.3 is 279 Å². The van der Waals surface area contributed by atoms with Gasteiger partial charge in [0.05, 0.1) is 0 Å². The summed E-state index contributed by atoms with van der Waals surface area (Å²) in [6.07, 6.45) is 2.41. The summed E-state index contributed by atoms with van der Waals surface area (Å²) in [5, 5.41) is 2.98. The quantitative estimate of drug-likeness (QED) is 0.151. The molecule has 2 aliphatic rings. The van der Waals surface area contributed by atoms with E-state index >= 15 is 0 Å². The predicted molar refractivity (Wildman–Crippen MR) is 193 cm³/mol. The van der Waals surface area contributed by atoms with Crippen molar-refractivity contribution < 1.29 is 17.9 Å². The molecule has 0 saturated heterocycles. The van der Waals surface area contributed by atoms with E-state index in [1.165, 1.54) is 74.9 Å². The van der Waals surface area contributed by atoms with E-state index in [1.54, 1.807) is 0 Å². The molecule has 5 aromatic carbocycles. The fourth-order valence-corrected chi connectivity index (χ4v) is 24.5. The van der Waals surface area contributed by atoms with Crippen LogP contribution in [0.15, 0.2) is 109 Å². The van der Waals surface area contributed by atoms with Gasteiger partial charge in [0.1, 0.15) is 0 Å². The van der Waals surface area contributed by atoms with Gasteiger partial charge in [-0.3, -0.25) is 0 Å². The number of halogens is 2. The summed E-state index contributed by atoms with van der Waals surface area (Å²) in [6.45, 7) is 11.4. The Hall–Kier alpha value is -2.48. The molecule has 1 aliphatic carbocycles. The van der Waals surface area contributed by atoms with Crippen molar-refractivity contribution in [1.29, 1.82) is 0 Å². The molecule has 0 amide bonds. The van der Waals surface area contributed by atoms with Crippen molar-refractivity contribution in [2.75, 3.05) is 0 Å². The van der Waals surface area contributed by atoms with Crippen LogP contribution < -0.4 is 13.6 Å². The summed E-state index contributed by atoms with van der Waals surface area (Å²) >= 11 is -4.01. The molecule has 0 nitrogen and oxygen atoms in total. The SMILES string of the molecule is CC1=Cc2c(ccc(-c3ccccc3)c2-c2cc(C(C)C)cc(C(C)C)c2)[CH]1[Zr]([Cl])([Cl])[c]1cccc2c1[SiH2]c1ccccc1-2. The van der Waals surface area contributed by atoms with E-state index in [1.807, 2.05) is 0 Å². The van der Waals surface area contributed by atoms with Gasteiger partial charge in [0, 0.05) is 0 Å². The number of benzene rings is 5. The summed E-state index contributed by atoms with van der Waals surface area (Å²) < 4.78 is 1.35. The molecular formula is C40H38Cl2SiZr. The van der Waals surface area contributed by atoms with Gasteiger partial charge in [-0.25, -0.2) is 0 Å². The van der Waals surface area contributed by atoms with E-state index in [0.717, 1.165) is 0 Å². The Morgan fingerprint density at radius 3 is 2.02 bits per heavy atom. The van der Waals surface area contributed by atoms with Gasteiger partial charge in [-0.1, -0.05) is 0 Å². The average Bonchev–Trinajstić information content (AvgIpc) is 3.57. The van der Waals surface area contributed by atoms with Crippen LogP contribution in [0, 0.1) is 0 Å². The van der Waals surface area contributed by atoms with Crippen LogP contribution in [-0.4, -0.2) is 9.52 Å². The third-order valence-corrected chi connectivity index (χ3v) is 24.2. The molecule has 0 bridgehead atoms. The third kappa shape index (κ3) is 5.07. The Bertz CT molecular complexity index is 1910. The van der Waals surface area contributed by atoms with Crippen molar-refractivity contribution in [3.8, 4) is 33.4 Å². The molecule has 44 heavy (non-hydrogen) atoms. The van der Waals surface area contributed by atoms with Crippen LogP contribution in [0.5, 0.6) is 0 Å². The Balaban J connectivity index is 1.44. The Kier molecular flexibility index (Phi) is 8.03. The standard InChI is InChI=1S/C28H29.C12H9Si.2ClH.Zr/c1-18(2)23-15-24(19(3)4)17-25(16-23)28-26(21-9-7-6-8-10-21)12-11-22-13-20(5)14-27(22)28;1-3-7-11-9(5-1)10-6-2-4-8-12(10)13-11;;;/h6-19H,1-5H3;1-7H,13H2;2*1H;/q;;;;+2/p-2. The van der Waals surface area contributed by atoms with Crippen LogP contribution >= 0.6 is 17.0 Å². The zero-order valence-corrected chi connectivity index (χ0v) is 31.5. The van der Waals surface area contributed by atoms with Crippen molar-refractivity contribution in [2.45, 2.75) is 50.1 Å². The van der Waals surface area contributed by atoms with Crippen molar-refractivity contribution in [3.05, 3.63) is 131 Å². The van der Waals surface area contributed by atoms with Crippen LogP contribution in [0.1, 0.15) is 72.3 Å². The molecule has 4 heteroatoms. The summed E-state index contributed by atoms with van der Waals surface area (Å²) in [7, 11) is 15.1. The second kappa shape index (κ2) is 11.7. The van der Waals surface area contributed by atoms with Crippen molar-refractivity contribution >= 4 is 46.3 Å². The second-order valence-electron chi connectivity index (χ2n) is 13.2. The third-order valence-electron chi connectivity index (χ3n) is 9.67. The molecule has 7 rings (SSSR count). The zero-order valence-electron chi connectivity index (χ0n) is 26.1. The summed E-state index contributed by atoms with van der Waals surface area (Å²) in [4.78, 5) is 0. The van der Waals surface area contributed by atoms with E-state index in [0.29, 0.717) is 11.8 Å². The van der Waals surface area contributed by atoms with Crippen LogP contribution in [0.25, 0.3) is 39.5 Å². The van der Waals surface area contributed by atoms with Gasteiger partial charge < -0.3 is 0 Å². The number of hydrogen-bond donors (Lipinski definition) is 0. The van der Waals surface area contributed by atoms with Crippen molar-refractivity contribution in [1.82, 2.24) is 0 Å². The first kappa shape index (κ1) is 30.2. The normalized spacial score (nSPS) is 15.9. The first-order valence-corrected chi connectivity index (χ1v) is 26.2. The van der Waals surface area contributed by atoms with Crippen LogP contribution in [0.3, 0.4) is 0 Å². The Morgan fingerprint density at radius 2 is 1.32 bits per heavy atom. The van der Waals surface area contributed by atoms with Gasteiger partial charge in [-0.15, -0.1) is 0 Å². The molecule has 1 aliphatic heterocycles. The van der Waals surface area contributed by atoms with Gasteiger partial charge in [0.2, 0.25) is 0 Å². The second-order valence-corrected chi connectivity index (χ2v) is 29.0. The zero-order chi connectivity index (χ0) is 30.7. The molecule has 0 N–H and O–H groups in total. The Morgan fingerprint density at radius 1 is 0.659 bits per heavy atom. The molecule has 0 aromatic heterocycles. The first-order valence-electron chi connectivity index (χ1n) is 15.8. The maximum atomic E-state index is 7.86. The number of fused-ring (bicyclic) bond motifs is 4. The van der Waals surface area contributed by atoms with Crippen molar-refractivity contribution in [2.24, 2.45) is 0 Å². The molecule has 5 aromatic rings. The summed E-state index contributed by atoms with van der Waals surface area (Å²) in [5.41, 5.74) is 14.5. The fraction of sp³-hybridized carbons (Fsp3) is 0.200. The van der Waals surface area contributed by atoms with E-state index in [2.05, 4.69) is 144 Å². The molecular weight excluding hydrogens is 671 g/mol. The van der Waals surface area contributed by atoms with E-state index < -0.39 is 27.4 Å². The molecule has 1 atom stereocenters. The number of rotatable bonds is 6. The maximum absolute atomic E-state index is 7.86. The van der Waals surface area contributed by atoms with E-state index in [9.17, 15) is 0 Å². The molecule has 0 fully saturated rings. The molecule has 0 saturated carbocycles. The summed E-state index contributed by atoms with van der Waals surface area (Å²) in [6, 6.07) is 38.3. The van der Waals surface area contributed by atoms with Crippen LogP contribution in [-0.2, 0) is 17.9 Å². The Labute approximate surface area is 276 Å². The molecule has 0 spiro atoms. The number of allylic oxidation sites excluding steroid dienone is 1. The van der Waals surface area contributed by atoms with Gasteiger partial charge in [-0.2, -0.15) is 0 Å². The topological polar surface area (TPSA) is 0 Å². The van der Waals surface area contributed by atoms with Gasteiger partial charge in [0.15, 0.2) is 0 Å². The fourth-order valence-electron chi connectivity index (χ4n) is 7.36. The minimum atomic E-state index is -4.01. The molecule has 0 radical (unpaired) electrons. The average molecular weight is 709 g/mol. The number of hydrogen-bond acceptors (Lipinski definition) is 0. The summed E-state index contributed by atoms with van der Waals surface area (Å²) in [5.74, 6) is 0.884. The molecule has 220 valence electrons. The van der Waals surface area contributed by atoms with Crippen molar-refractivity contribution in [3.63, 3.8) is 0 Å². The van der Waals surface area contributed by atoms with Crippen LogP contribution in [0.2, 0.25) is 0 Å². The molecule has 1 unspecified atom stereocenters. The van der Waals surface area contributed by atoms with E-state index in [4.69, 9.17) is 17.0 Å². The monoisotopic (exact) mass is 706 g/mol. The molecule has 1 heterocycles. The van der Waals surface area contributed by atoms with Gasteiger partial charge in [0.25, 0.3) is 0 Å². The first-order chi connectivity index (χ1) is 21.1.